The van der Waals surface area contributed by atoms with Crippen LogP contribution in [0.4, 0.5) is 11.5 Å². The molecule has 3 heterocycles. The fourth-order valence-electron chi connectivity index (χ4n) is 6.33. The number of piperidine rings is 1. The lowest BCUT2D eigenvalue weighted by Gasteiger charge is -2.46. The van der Waals surface area contributed by atoms with E-state index in [0.29, 0.717) is 0 Å². The SMILES string of the molecule is C[C@@H]1C[C@@H](O)c2ncnc(N3CCC4(CNc5ccc(Cl)cc54)CC3Cc3ccccc3)c21. The summed E-state index contributed by atoms with van der Waals surface area (Å²) in [5.74, 6) is 1.27. The number of hydrogen-bond donors (Lipinski definition) is 2. The van der Waals surface area contributed by atoms with Gasteiger partial charge in [-0.2, -0.15) is 0 Å². The smallest absolute Gasteiger partial charge is 0.136 e. The van der Waals surface area contributed by atoms with Gasteiger partial charge in [-0.3, -0.25) is 0 Å². The van der Waals surface area contributed by atoms with Crippen LogP contribution in [0.25, 0.3) is 0 Å². The summed E-state index contributed by atoms with van der Waals surface area (Å²) in [6, 6.07) is 17.3. The van der Waals surface area contributed by atoms with Crippen molar-refractivity contribution in [1.29, 1.82) is 0 Å². The van der Waals surface area contributed by atoms with Crippen molar-refractivity contribution in [1.82, 2.24) is 9.97 Å². The Morgan fingerprint density at radius 1 is 1.18 bits per heavy atom. The molecule has 0 radical (unpaired) electrons. The molecule has 0 bridgehead atoms. The summed E-state index contributed by atoms with van der Waals surface area (Å²) in [6.45, 7) is 4.04. The Morgan fingerprint density at radius 3 is 2.88 bits per heavy atom. The first kappa shape index (κ1) is 20.9. The number of rotatable bonds is 3. The van der Waals surface area contributed by atoms with Gasteiger partial charge in [-0.15, -0.1) is 0 Å². The minimum absolute atomic E-state index is 0.0670. The van der Waals surface area contributed by atoms with E-state index in [0.717, 1.165) is 60.9 Å². The molecule has 2 unspecified atom stereocenters. The number of aliphatic hydroxyl groups is 1. The number of benzene rings is 2. The molecule has 3 aliphatic rings. The molecule has 1 saturated heterocycles. The number of aliphatic hydroxyl groups excluding tert-OH is 1. The van der Waals surface area contributed by atoms with E-state index < -0.39 is 6.10 Å². The van der Waals surface area contributed by atoms with Crippen molar-refractivity contribution in [2.75, 3.05) is 23.3 Å². The van der Waals surface area contributed by atoms with Crippen molar-refractivity contribution in [3.63, 3.8) is 0 Å². The molecule has 2 N–H and O–H groups in total. The van der Waals surface area contributed by atoms with Gasteiger partial charge in [-0.05, 0) is 60.9 Å². The van der Waals surface area contributed by atoms with Crippen molar-refractivity contribution in [3.8, 4) is 0 Å². The fourth-order valence-corrected chi connectivity index (χ4v) is 6.51. The van der Waals surface area contributed by atoms with Crippen LogP contribution in [-0.4, -0.2) is 34.2 Å². The molecule has 0 amide bonds. The molecule has 1 aromatic heterocycles. The highest BCUT2D eigenvalue weighted by molar-refractivity contribution is 6.30. The van der Waals surface area contributed by atoms with Crippen molar-refractivity contribution >= 4 is 23.1 Å². The molecule has 4 atom stereocenters. The molecule has 2 aromatic carbocycles. The molecule has 1 aliphatic carbocycles. The van der Waals surface area contributed by atoms with Crippen molar-refractivity contribution < 1.29 is 5.11 Å². The van der Waals surface area contributed by atoms with Crippen LogP contribution in [0.5, 0.6) is 0 Å². The predicted molar refractivity (Wildman–Crippen MR) is 132 cm³/mol. The van der Waals surface area contributed by atoms with E-state index in [1.165, 1.54) is 16.8 Å². The standard InChI is InChI=1S/C27H29ClN4O/c1-17-11-23(33)25-24(17)26(31-16-30-25)32-10-9-27(14-20(32)12-18-5-3-2-4-6-18)15-29-22-8-7-19(28)13-21(22)27/h2-8,13,16-17,20,23,29,33H,9-12,14-15H2,1H3/t17-,20?,23-,27?/m1/s1. The molecule has 3 aromatic rings. The van der Waals surface area contributed by atoms with Crippen molar-refractivity contribution in [2.45, 2.75) is 56.1 Å². The number of anilines is 2. The van der Waals surface area contributed by atoms with E-state index in [1.54, 1.807) is 6.33 Å². The first-order valence-electron chi connectivity index (χ1n) is 11.9. The Bertz CT molecular complexity index is 1190. The first-order chi connectivity index (χ1) is 16.0. The van der Waals surface area contributed by atoms with Crippen LogP contribution in [0.2, 0.25) is 5.02 Å². The molecule has 1 spiro atoms. The summed E-state index contributed by atoms with van der Waals surface area (Å²) in [5, 5.41) is 15.0. The predicted octanol–water partition coefficient (Wildman–Crippen LogP) is 5.25. The molecule has 33 heavy (non-hydrogen) atoms. The second kappa shape index (κ2) is 8.00. The van der Waals surface area contributed by atoms with Crippen LogP contribution in [0, 0.1) is 0 Å². The van der Waals surface area contributed by atoms with E-state index in [4.69, 9.17) is 16.6 Å². The van der Waals surface area contributed by atoms with Crippen molar-refractivity contribution in [3.05, 3.63) is 82.3 Å². The van der Waals surface area contributed by atoms with Gasteiger partial charge in [0.25, 0.3) is 0 Å². The second-order valence-electron chi connectivity index (χ2n) is 9.96. The van der Waals surface area contributed by atoms with Gasteiger partial charge in [0.1, 0.15) is 12.1 Å². The molecule has 170 valence electrons. The lowest BCUT2D eigenvalue weighted by molar-refractivity contribution is 0.170. The molecule has 6 rings (SSSR count). The molecular formula is C27H29ClN4O. The van der Waals surface area contributed by atoms with E-state index in [-0.39, 0.29) is 17.4 Å². The van der Waals surface area contributed by atoms with Crippen LogP contribution in [0.1, 0.15) is 60.6 Å². The summed E-state index contributed by atoms with van der Waals surface area (Å²) < 4.78 is 0. The lowest BCUT2D eigenvalue weighted by atomic mass is 9.70. The summed E-state index contributed by atoms with van der Waals surface area (Å²) in [5.41, 5.74) is 5.91. The summed E-state index contributed by atoms with van der Waals surface area (Å²) in [4.78, 5) is 11.7. The number of hydrogen-bond acceptors (Lipinski definition) is 5. The Hall–Kier alpha value is -2.63. The molecule has 5 nitrogen and oxygen atoms in total. The minimum atomic E-state index is -0.492. The Balaban J connectivity index is 1.41. The maximum Gasteiger partial charge on any atom is 0.136 e. The maximum atomic E-state index is 10.5. The van der Waals surface area contributed by atoms with Crippen LogP contribution in [-0.2, 0) is 11.8 Å². The van der Waals surface area contributed by atoms with E-state index >= 15 is 0 Å². The third-order valence-corrected chi connectivity index (χ3v) is 8.17. The molecule has 2 aliphatic heterocycles. The van der Waals surface area contributed by atoms with E-state index in [2.05, 4.69) is 64.6 Å². The van der Waals surface area contributed by atoms with Gasteiger partial charge in [-0.25, -0.2) is 9.97 Å². The number of halogens is 1. The molecule has 6 heteroatoms. The average Bonchev–Trinajstić information content (AvgIpc) is 3.31. The normalized spacial score (nSPS) is 28.0. The maximum absolute atomic E-state index is 10.5. The number of nitrogens with one attached hydrogen (secondary N) is 1. The zero-order valence-corrected chi connectivity index (χ0v) is 19.6. The number of nitrogens with zero attached hydrogens (tertiary/aromatic N) is 3. The van der Waals surface area contributed by atoms with Gasteiger partial charge in [0.2, 0.25) is 0 Å². The Kier molecular flexibility index (Phi) is 5.07. The van der Waals surface area contributed by atoms with E-state index in [9.17, 15) is 5.11 Å². The van der Waals surface area contributed by atoms with Gasteiger partial charge in [0.05, 0.1) is 11.8 Å². The summed E-state index contributed by atoms with van der Waals surface area (Å²) in [7, 11) is 0. The van der Waals surface area contributed by atoms with E-state index in [1.807, 2.05) is 6.07 Å². The van der Waals surface area contributed by atoms with Crippen molar-refractivity contribution in [2.24, 2.45) is 0 Å². The third kappa shape index (κ3) is 3.49. The zero-order chi connectivity index (χ0) is 22.6. The van der Waals surface area contributed by atoms with Gasteiger partial charge >= 0.3 is 0 Å². The second-order valence-corrected chi connectivity index (χ2v) is 10.4. The van der Waals surface area contributed by atoms with Crippen LogP contribution >= 0.6 is 11.6 Å². The number of aromatic nitrogens is 2. The highest BCUT2D eigenvalue weighted by atomic mass is 35.5. The fraction of sp³-hybridized carbons (Fsp3) is 0.407. The molecule has 1 fully saturated rings. The highest BCUT2D eigenvalue weighted by Crippen LogP contribution is 2.49. The average molecular weight is 461 g/mol. The van der Waals surface area contributed by atoms with Crippen LogP contribution < -0.4 is 10.2 Å². The molecule has 0 saturated carbocycles. The van der Waals surface area contributed by atoms with Crippen LogP contribution in [0.15, 0.2) is 54.9 Å². The quantitative estimate of drug-likeness (QED) is 0.559. The van der Waals surface area contributed by atoms with Crippen LogP contribution in [0.3, 0.4) is 0 Å². The van der Waals surface area contributed by atoms with Gasteiger partial charge in [0.15, 0.2) is 0 Å². The van der Waals surface area contributed by atoms with Gasteiger partial charge in [0, 0.05) is 40.8 Å². The highest BCUT2D eigenvalue weighted by Gasteiger charge is 2.46. The monoisotopic (exact) mass is 460 g/mol. The third-order valence-electron chi connectivity index (χ3n) is 7.93. The Morgan fingerprint density at radius 2 is 2.03 bits per heavy atom. The summed E-state index contributed by atoms with van der Waals surface area (Å²) in [6.07, 6.45) is 4.87. The minimum Gasteiger partial charge on any atom is -0.387 e. The summed E-state index contributed by atoms with van der Waals surface area (Å²) >= 11 is 6.43. The number of fused-ring (bicyclic) bond motifs is 3. The Labute approximate surface area is 199 Å². The van der Waals surface area contributed by atoms with Gasteiger partial charge in [-0.1, -0.05) is 48.9 Å². The first-order valence-corrected chi connectivity index (χ1v) is 12.3. The van der Waals surface area contributed by atoms with Gasteiger partial charge < -0.3 is 15.3 Å². The lowest BCUT2D eigenvalue weighted by Crippen LogP contribution is -2.51. The molecular weight excluding hydrogens is 432 g/mol. The topological polar surface area (TPSA) is 61.3 Å². The zero-order valence-electron chi connectivity index (χ0n) is 18.8. The largest absolute Gasteiger partial charge is 0.387 e.